The van der Waals surface area contributed by atoms with E-state index in [1.165, 1.54) is 0 Å². The summed E-state index contributed by atoms with van der Waals surface area (Å²) in [7, 11) is 0. The second kappa shape index (κ2) is 8.62. The minimum atomic E-state index is -0.396. The Labute approximate surface area is 144 Å². The van der Waals surface area contributed by atoms with Gasteiger partial charge in [-0.15, -0.1) is 0 Å². The molecule has 0 atom stereocenters. The summed E-state index contributed by atoms with van der Waals surface area (Å²) in [5, 5.41) is 4.32. The van der Waals surface area contributed by atoms with E-state index in [2.05, 4.69) is 10.7 Å². The molecule has 2 rings (SSSR count). The van der Waals surface area contributed by atoms with Crippen LogP contribution in [0.1, 0.15) is 16.8 Å². The molecule has 23 heavy (non-hydrogen) atoms. The zero-order chi connectivity index (χ0) is 16.7. The minimum Gasteiger partial charge on any atom is -0.494 e. The van der Waals surface area contributed by atoms with Gasteiger partial charge in [0, 0.05) is 22.3 Å². The number of hydrogen-bond acceptors (Lipinski definition) is 4. The molecule has 0 saturated heterocycles. The summed E-state index contributed by atoms with van der Waals surface area (Å²) in [6.45, 7) is 1.18. The lowest BCUT2D eigenvalue weighted by molar-refractivity contribution is 0.0954. The van der Waals surface area contributed by atoms with Gasteiger partial charge >= 0.3 is 0 Å². The van der Waals surface area contributed by atoms with E-state index in [4.69, 9.17) is 33.8 Å². The molecular formula is C16H17Cl2N3O2. The van der Waals surface area contributed by atoms with Gasteiger partial charge in [0.25, 0.3) is 5.91 Å². The molecule has 0 saturated carbocycles. The smallest absolute Gasteiger partial charge is 0.267 e. The highest BCUT2D eigenvalue weighted by Gasteiger charge is 2.10. The van der Waals surface area contributed by atoms with Gasteiger partial charge in [0.2, 0.25) is 0 Å². The van der Waals surface area contributed by atoms with Crippen LogP contribution in [0, 0.1) is 0 Å². The fraction of sp³-hybridized carbons (Fsp3) is 0.188. The number of nitrogens with two attached hydrogens (primary N) is 1. The van der Waals surface area contributed by atoms with Gasteiger partial charge in [-0.25, -0.2) is 5.84 Å². The van der Waals surface area contributed by atoms with E-state index in [-0.39, 0.29) is 0 Å². The lowest BCUT2D eigenvalue weighted by Gasteiger charge is -2.12. The third-order valence-corrected chi connectivity index (χ3v) is 3.56. The zero-order valence-corrected chi connectivity index (χ0v) is 13.8. The standard InChI is InChI=1S/C16H17Cl2N3O2/c17-11-2-5-13(6-3-11)23-9-1-8-20-15-7-4-12(18)10-14(15)16(22)21-19/h2-7,10,20H,1,8-9,19H2,(H,21,22). The number of nitrogen functional groups attached to an aromatic ring is 1. The van der Waals surface area contributed by atoms with Gasteiger partial charge < -0.3 is 10.1 Å². The summed E-state index contributed by atoms with van der Waals surface area (Å²) in [6, 6.07) is 12.2. The summed E-state index contributed by atoms with van der Waals surface area (Å²) in [5.41, 5.74) is 3.18. The Morgan fingerprint density at radius 2 is 1.78 bits per heavy atom. The fourth-order valence-corrected chi connectivity index (χ4v) is 2.25. The molecule has 0 unspecified atom stereocenters. The van der Waals surface area contributed by atoms with Crippen LogP contribution in [0.4, 0.5) is 5.69 Å². The largest absolute Gasteiger partial charge is 0.494 e. The van der Waals surface area contributed by atoms with E-state index in [0.29, 0.717) is 34.4 Å². The maximum atomic E-state index is 11.7. The number of hydrazine groups is 1. The summed E-state index contributed by atoms with van der Waals surface area (Å²) in [5.74, 6) is 5.55. The fourth-order valence-electron chi connectivity index (χ4n) is 1.95. The highest BCUT2D eigenvalue weighted by molar-refractivity contribution is 6.31. The van der Waals surface area contributed by atoms with Gasteiger partial charge in [-0.1, -0.05) is 23.2 Å². The Bertz CT molecular complexity index is 663. The van der Waals surface area contributed by atoms with Gasteiger partial charge in [0.05, 0.1) is 12.2 Å². The number of anilines is 1. The molecule has 0 aliphatic rings. The molecule has 0 bridgehead atoms. The monoisotopic (exact) mass is 353 g/mol. The van der Waals surface area contributed by atoms with Crippen LogP contribution in [0.2, 0.25) is 10.0 Å². The van der Waals surface area contributed by atoms with Crippen LogP contribution in [0.15, 0.2) is 42.5 Å². The average Bonchev–Trinajstić information content (AvgIpc) is 2.56. The third-order valence-electron chi connectivity index (χ3n) is 3.08. The summed E-state index contributed by atoms with van der Waals surface area (Å²) >= 11 is 11.7. The number of benzene rings is 2. The topological polar surface area (TPSA) is 76.4 Å². The number of carbonyl (C=O) groups excluding carboxylic acids is 1. The van der Waals surface area contributed by atoms with E-state index in [9.17, 15) is 4.79 Å². The lowest BCUT2D eigenvalue weighted by Crippen LogP contribution is -2.30. The molecule has 0 aliphatic heterocycles. The molecule has 1 amide bonds. The number of halogens is 2. The molecule has 2 aromatic rings. The quantitative estimate of drug-likeness (QED) is 0.308. The molecule has 0 spiro atoms. The maximum Gasteiger partial charge on any atom is 0.267 e. The van der Waals surface area contributed by atoms with Crippen molar-refractivity contribution in [3.63, 3.8) is 0 Å². The highest BCUT2D eigenvalue weighted by atomic mass is 35.5. The Balaban J connectivity index is 1.82. The number of ether oxygens (including phenoxy) is 1. The number of nitrogens with one attached hydrogen (secondary N) is 2. The first-order valence-corrected chi connectivity index (χ1v) is 7.78. The maximum absolute atomic E-state index is 11.7. The lowest BCUT2D eigenvalue weighted by atomic mass is 10.1. The normalized spacial score (nSPS) is 10.2. The Kier molecular flexibility index (Phi) is 6.52. The first-order valence-electron chi connectivity index (χ1n) is 7.03. The zero-order valence-electron chi connectivity index (χ0n) is 12.3. The summed E-state index contributed by atoms with van der Waals surface area (Å²) in [6.07, 6.45) is 0.759. The molecule has 2 aromatic carbocycles. The van der Waals surface area contributed by atoms with Crippen molar-refractivity contribution in [1.29, 1.82) is 0 Å². The number of rotatable bonds is 7. The van der Waals surface area contributed by atoms with Crippen molar-refractivity contribution >= 4 is 34.8 Å². The molecule has 0 aliphatic carbocycles. The third kappa shape index (κ3) is 5.32. The Hall–Kier alpha value is -1.95. The van der Waals surface area contributed by atoms with Gasteiger partial charge in [-0.05, 0) is 48.9 Å². The predicted octanol–water partition coefficient (Wildman–Crippen LogP) is 3.48. The van der Waals surface area contributed by atoms with Crippen molar-refractivity contribution in [3.8, 4) is 5.75 Å². The van der Waals surface area contributed by atoms with Crippen LogP contribution in [0.5, 0.6) is 5.75 Å². The van der Waals surface area contributed by atoms with E-state index < -0.39 is 5.91 Å². The van der Waals surface area contributed by atoms with Crippen LogP contribution in [0.3, 0.4) is 0 Å². The molecule has 5 nitrogen and oxygen atoms in total. The van der Waals surface area contributed by atoms with E-state index >= 15 is 0 Å². The van der Waals surface area contributed by atoms with Crippen LogP contribution in [0.25, 0.3) is 0 Å². The van der Waals surface area contributed by atoms with Gasteiger partial charge in [0.1, 0.15) is 5.75 Å². The minimum absolute atomic E-state index is 0.396. The number of carbonyl (C=O) groups is 1. The summed E-state index contributed by atoms with van der Waals surface area (Å²) < 4.78 is 5.60. The summed E-state index contributed by atoms with van der Waals surface area (Å²) in [4.78, 5) is 11.7. The first-order chi connectivity index (χ1) is 11.1. The first kappa shape index (κ1) is 17.4. The molecular weight excluding hydrogens is 337 g/mol. The number of amides is 1. The molecule has 4 N–H and O–H groups in total. The molecule has 0 heterocycles. The Morgan fingerprint density at radius 3 is 2.48 bits per heavy atom. The van der Waals surface area contributed by atoms with Crippen molar-refractivity contribution in [2.45, 2.75) is 6.42 Å². The number of hydrogen-bond donors (Lipinski definition) is 3. The van der Waals surface area contributed by atoms with Crippen molar-refractivity contribution in [2.24, 2.45) is 5.84 Å². The van der Waals surface area contributed by atoms with Crippen molar-refractivity contribution in [2.75, 3.05) is 18.5 Å². The van der Waals surface area contributed by atoms with E-state index in [1.807, 2.05) is 12.1 Å². The van der Waals surface area contributed by atoms with Crippen LogP contribution in [-0.2, 0) is 0 Å². The van der Waals surface area contributed by atoms with E-state index in [1.54, 1.807) is 30.3 Å². The molecule has 0 aromatic heterocycles. The van der Waals surface area contributed by atoms with Crippen LogP contribution >= 0.6 is 23.2 Å². The van der Waals surface area contributed by atoms with Crippen LogP contribution in [-0.4, -0.2) is 19.1 Å². The molecule has 7 heteroatoms. The van der Waals surface area contributed by atoms with Crippen molar-refractivity contribution in [3.05, 3.63) is 58.1 Å². The second-order valence-corrected chi connectivity index (χ2v) is 5.62. The van der Waals surface area contributed by atoms with E-state index in [0.717, 1.165) is 12.2 Å². The van der Waals surface area contributed by atoms with Gasteiger partial charge in [-0.2, -0.15) is 0 Å². The van der Waals surface area contributed by atoms with Gasteiger partial charge in [-0.3, -0.25) is 10.2 Å². The molecule has 0 radical (unpaired) electrons. The van der Waals surface area contributed by atoms with Crippen LogP contribution < -0.4 is 21.3 Å². The molecule has 122 valence electrons. The second-order valence-electron chi connectivity index (χ2n) is 4.75. The SMILES string of the molecule is NNC(=O)c1cc(Cl)ccc1NCCCOc1ccc(Cl)cc1. The van der Waals surface area contributed by atoms with Crippen molar-refractivity contribution < 1.29 is 9.53 Å². The average molecular weight is 354 g/mol. The highest BCUT2D eigenvalue weighted by Crippen LogP contribution is 2.20. The van der Waals surface area contributed by atoms with Crippen molar-refractivity contribution in [1.82, 2.24) is 5.43 Å². The Morgan fingerprint density at radius 1 is 1.09 bits per heavy atom. The predicted molar refractivity (Wildman–Crippen MR) is 93.2 cm³/mol. The van der Waals surface area contributed by atoms with Gasteiger partial charge in [0.15, 0.2) is 0 Å². The molecule has 0 fully saturated rings.